The molecule has 0 amide bonds. The number of fused-ring (bicyclic) bond motifs is 1. The van der Waals surface area contributed by atoms with E-state index in [1.54, 1.807) is 17.4 Å². The van der Waals surface area contributed by atoms with E-state index >= 15 is 0 Å². The average Bonchev–Trinajstić information content (AvgIpc) is 3.10. The van der Waals surface area contributed by atoms with Crippen LogP contribution in [0.5, 0.6) is 5.75 Å². The van der Waals surface area contributed by atoms with Gasteiger partial charge in [-0.15, -0.1) is 11.3 Å². The number of aromatic nitrogens is 1. The minimum absolute atomic E-state index is 0.0794. The van der Waals surface area contributed by atoms with E-state index in [0.29, 0.717) is 12.1 Å². The molecule has 0 radical (unpaired) electrons. The molecule has 1 aromatic carbocycles. The number of hydrogen-bond acceptors (Lipinski definition) is 7. The standard InChI is InChI=1S/C19H24N4O2S/c1-21-6-8-23(9-7-21)19-20-10-15(26-19)11-22-5-4-14-2-3-18(25)17(13-24)16(14)12-22/h2-3,10,13,25H,4-9,11-12H2,1H3. The van der Waals surface area contributed by atoms with Crippen molar-refractivity contribution in [3.05, 3.63) is 39.9 Å². The molecule has 0 atom stereocenters. The maximum absolute atomic E-state index is 11.4. The number of hydrogen-bond donors (Lipinski definition) is 1. The SMILES string of the molecule is CN1CCN(c2ncc(CN3CCc4ccc(O)c(C=O)c4C3)s2)CC1. The number of benzene rings is 1. The van der Waals surface area contributed by atoms with Crippen LogP contribution in [0.3, 0.4) is 0 Å². The summed E-state index contributed by atoms with van der Waals surface area (Å²) < 4.78 is 0. The summed E-state index contributed by atoms with van der Waals surface area (Å²) in [6.45, 7) is 6.70. The summed E-state index contributed by atoms with van der Waals surface area (Å²) in [4.78, 5) is 24.3. The largest absolute Gasteiger partial charge is 0.507 e. The average molecular weight is 372 g/mol. The number of nitrogens with zero attached hydrogens (tertiary/aromatic N) is 4. The molecule has 0 bridgehead atoms. The third-order valence-corrected chi connectivity index (χ3v) is 6.37. The monoisotopic (exact) mass is 372 g/mol. The molecule has 2 aliphatic heterocycles. The molecule has 3 heterocycles. The van der Waals surface area contributed by atoms with Gasteiger partial charge in [0.2, 0.25) is 0 Å². The lowest BCUT2D eigenvalue weighted by Crippen LogP contribution is -2.44. The summed E-state index contributed by atoms with van der Waals surface area (Å²) >= 11 is 1.76. The normalized spacial score (nSPS) is 18.7. The van der Waals surface area contributed by atoms with Crippen LogP contribution in [0.2, 0.25) is 0 Å². The third kappa shape index (κ3) is 3.47. The molecule has 2 aliphatic rings. The second-order valence-corrected chi connectivity index (χ2v) is 8.21. The minimum atomic E-state index is 0.0794. The minimum Gasteiger partial charge on any atom is -0.507 e. The molecule has 4 rings (SSSR count). The first-order valence-electron chi connectivity index (χ1n) is 9.03. The fourth-order valence-corrected chi connectivity index (χ4v) is 4.70. The van der Waals surface area contributed by atoms with E-state index in [-0.39, 0.29) is 5.75 Å². The maximum atomic E-state index is 11.4. The zero-order valence-corrected chi connectivity index (χ0v) is 15.8. The maximum Gasteiger partial charge on any atom is 0.185 e. The van der Waals surface area contributed by atoms with Gasteiger partial charge in [0.05, 0.1) is 5.56 Å². The molecular weight excluding hydrogens is 348 g/mol. The van der Waals surface area contributed by atoms with Crippen LogP contribution in [0, 0.1) is 0 Å². The van der Waals surface area contributed by atoms with Gasteiger partial charge >= 0.3 is 0 Å². The molecule has 0 aliphatic carbocycles. The summed E-state index contributed by atoms with van der Waals surface area (Å²) in [6.07, 6.45) is 3.66. The van der Waals surface area contributed by atoms with Crippen LogP contribution >= 0.6 is 11.3 Å². The van der Waals surface area contributed by atoms with Crippen LogP contribution in [0.25, 0.3) is 0 Å². The van der Waals surface area contributed by atoms with Gasteiger partial charge in [-0.25, -0.2) is 4.98 Å². The van der Waals surface area contributed by atoms with Crippen LogP contribution < -0.4 is 4.90 Å². The van der Waals surface area contributed by atoms with Crippen LogP contribution in [0.1, 0.15) is 26.4 Å². The van der Waals surface area contributed by atoms with Gasteiger partial charge in [0, 0.05) is 56.9 Å². The van der Waals surface area contributed by atoms with Gasteiger partial charge in [-0.05, 0) is 30.7 Å². The second-order valence-electron chi connectivity index (χ2n) is 7.11. The number of thiazole rings is 1. The summed E-state index contributed by atoms with van der Waals surface area (Å²) in [5, 5.41) is 11.1. The van der Waals surface area contributed by atoms with Crippen LogP contribution in [-0.4, -0.2) is 65.9 Å². The lowest BCUT2D eigenvalue weighted by atomic mass is 9.94. The Morgan fingerprint density at radius 1 is 1.23 bits per heavy atom. The topological polar surface area (TPSA) is 59.9 Å². The van der Waals surface area contributed by atoms with E-state index in [9.17, 15) is 9.90 Å². The number of anilines is 1. The van der Waals surface area contributed by atoms with Gasteiger partial charge in [-0.1, -0.05) is 6.07 Å². The fraction of sp³-hybridized carbons (Fsp3) is 0.474. The smallest absolute Gasteiger partial charge is 0.185 e. The number of phenols is 1. The summed E-state index contributed by atoms with van der Waals surface area (Å²) in [7, 11) is 2.16. The molecule has 7 heteroatoms. The van der Waals surface area contributed by atoms with E-state index in [1.165, 1.54) is 10.4 Å². The highest BCUT2D eigenvalue weighted by atomic mass is 32.1. The number of carbonyl (C=O) groups excluding carboxylic acids is 1. The third-order valence-electron chi connectivity index (χ3n) is 5.32. The first kappa shape index (κ1) is 17.5. The zero-order chi connectivity index (χ0) is 18.1. The Morgan fingerprint density at radius 2 is 2.04 bits per heavy atom. The Bertz CT molecular complexity index is 799. The number of rotatable bonds is 4. The number of phenolic OH excluding ortho intramolecular Hbond substituents is 1. The Morgan fingerprint density at radius 3 is 2.81 bits per heavy atom. The van der Waals surface area contributed by atoms with Gasteiger partial charge in [-0.2, -0.15) is 0 Å². The lowest BCUT2D eigenvalue weighted by molar-refractivity contribution is 0.111. The number of carbonyl (C=O) groups is 1. The highest BCUT2D eigenvalue weighted by Gasteiger charge is 2.22. The molecule has 1 aromatic heterocycles. The summed E-state index contributed by atoms with van der Waals surface area (Å²) in [5.41, 5.74) is 2.58. The number of aromatic hydroxyl groups is 1. The molecule has 1 fully saturated rings. The molecule has 1 saturated heterocycles. The van der Waals surface area contributed by atoms with Gasteiger partial charge < -0.3 is 14.9 Å². The van der Waals surface area contributed by atoms with Crippen LogP contribution in [0.15, 0.2) is 18.3 Å². The van der Waals surface area contributed by atoms with Crippen LogP contribution in [0.4, 0.5) is 5.13 Å². The van der Waals surface area contributed by atoms with Crippen molar-refractivity contribution in [1.82, 2.24) is 14.8 Å². The first-order valence-corrected chi connectivity index (χ1v) is 9.85. The van der Waals surface area contributed by atoms with Crippen molar-refractivity contribution in [3.8, 4) is 5.75 Å². The van der Waals surface area contributed by atoms with Crippen LogP contribution in [-0.2, 0) is 19.5 Å². The Balaban J connectivity index is 1.44. The van der Waals surface area contributed by atoms with Crippen molar-refractivity contribution in [1.29, 1.82) is 0 Å². The fourth-order valence-electron chi connectivity index (χ4n) is 3.70. The molecule has 2 aromatic rings. The molecule has 26 heavy (non-hydrogen) atoms. The molecule has 0 spiro atoms. The van der Waals surface area contributed by atoms with E-state index < -0.39 is 0 Å². The highest BCUT2D eigenvalue weighted by molar-refractivity contribution is 7.15. The van der Waals surface area contributed by atoms with Crippen molar-refractivity contribution >= 4 is 22.8 Å². The predicted molar refractivity (Wildman–Crippen MR) is 103 cm³/mol. The molecule has 0 unspecified atom stereocenters. The lowest BCUT2D eigenvalue weighted by Gasteiger charge is -2.32. The summed E-state index contributed by atoms with van der Waals surface area (Å²) in [6, 6.07) is 3.57. The molecule has 6 nitrogen and oxygen atoms in total. The van der Waals surface area contributed by atoms with E-state index in [1.807, 2.05) is 12.3 Å². The molecule has 1 N–H and O–H groups in total. The van der Waals surface area contributed by atoms with Gasteiger partial charge in [0.1, 0.15) is 5.75 Å². The van der Waals surface area contributed by atoms with Crippen molar-refractivity contribution < 1.29 is 9.90 Å². The van der Waals surface area contributed by atoms with Gasteiger partial charge in [-0.3, -0.25) is 9.69 Å². The van der Waals surface area contributed by atoms with Crippen molar-refractivity contribution in [2.45, 2.75) is 19.5 Å². The molecular formula is C19H24N4O2S. The van der Waals surface area contributed by atoms with E-state index in [0.717, 1.165) is 62.7 Å². The second kappa shape index (κ2) is 7.34. The molecule has 138 valence electrons. The van der Waals surface area contributed by atoms with Gasteiger partial charge in [0.25, 0.3) is 0 Å². The Labute approximate surface area is 157 Å². The van der Waals surface area contributed by atoms with Crippen molar-refractivity contribution in [3.63, 3.8) is 0 Å². The highest BCUT2D eigenvalue weighted by Crippen LogP contribution is 2.30. The van der Waals surface area contributed by atoms with E-state index in [4.69, 9.17) is 0 Å². The van der Waals surface area contributed by atoms with Crippen molar-refractivity contribution in [2.75, 3.05) is 44.7 Å². The Hall–Kier alpha value is -1.96. The molecule has 0 saturated carbocycles. The Kier molecular flexibility index (Phi) is 4.93. The van der Waals surface area contributed by atoms with Gasteiger partial charge in [0.15, 0.2) is 11.4 Å². The predicted octanol–water partition coefficient (Wildman–Crippen LogP) is 1.97. The van der Waals surface area contributed by atoms with E-state index in [2.05, 4.69) is 26.7 Å². The summed E-state index contributed by atoms with van der Waals surface area (Å²) in [5.74, 6) is 0.0794. The van der Waals surface area contributed by atoms with Crippen molar-refractivity contribution in [2.24, 2.45) is 0 Å². The number of likely N-dealkylation sites (N-methyl/N-ethyl adjacent to an activating group) is 1. The zero-order valence-electron chi connectivity index (χ0n) is 15.0. The quantitative estimate of drug-likeness (QED) is 0.828. The first-order chi connectivity index (χ1) is 12.6. The number of piperazine rings is 1. The number of aldehydes is 1.